The van der Waals surface area contributed by atoms with E-state index in [9.17, 15) is 9.59 Å². The number of hydrogen-bond acceptors (Lipinski definition) is 4. The van der Waals surface area contributed by atoms with Crippen molar-refractivity contribution < 1.29 is 24.2 Å². The second-order valence-corrected chi connectivity index (χ2v) is 5.74. The lowest BCUT2D eigenvalue weighted by atomic mass is 10.1. The summed E-state index contributed by atoms with van der Waals surface area (Å²) >= 11 is 0. The number of aliphatic carboxylic acids is 1. The first-order valence-electron chi connectivity index (χ1n) is 8.33. The highest BCUT2D eigenvalue weighted by molar-refractivity contribution is 5.97. The molecule has 0 aliphatic rings. The number of hydrogen-bond donors (Lipinski definition) is 1. The van der Waals surface area contributed by atoms with E-state index < -0.39 is 5.97 Å². The van der Waals surface area contributed by atoms with E-state index in [1.807, 2.05) is 18.2 Å². The number of rotatable bonds is 9. The Morgan fingerprint density at radius 1 is 1.04 bits per heavy atom. The van der Waals surface area contributed by atoms with Gasteiger partial charge in [-0.3, -0.25) is 9.59 Å². The lowest BCUT2D eigenvalue weighted by Crippen LogP contribution is -2.35. The first-order valence-corrected chi connectivity index (χ1v) is 8.33. The Bertz CT molecular complexity index is 745. The fourth-order valence-corrected chi connectivity index (χ4v) is 2.69. The summed E-state index contributed by atoms with van der Waals surface area (Å²) in [5.41, 5.74) is 1.56. The molecule has 0 heterocycles. The zero-order valence-corrected chi connectivity index (χ0v) is 15.0. The van der Waals surface area contributed by atoms with Crippen LogP contribution < -0.4 is 14.4 Å². The molecular formula is C20H23NO5. The summed E-state index contributed by atoms with van der Waals surface area (Å²) in [6.45, 7) is -0.352. The van der Waals surface area contributed by atoms with Crippen LogP contribution in [0.5, 0.6) is 11.5 Å². The maximum absolute atomic E-state index is 12.5. The number of ether oxygens (including phenoxy) is 2. The number of carbonyl (C=O) groups is 2. The first kappa shape index (κ1) is 19.3. The van der Waals surface area contributed by atoms with Crippen molar-refractivity contribution in [1.29, 1.82) is 0 Å². The van der Waals surface area contributed by atoms with Gasteiger partial charge in [0.2, 0.25) is 5.91 Å². The molecule has 1 N–H and O–H groups in total. The lowest BCUT2D eigenvalue weighted by Gasteiger charge is -2.21. The average molecular weight is 357 g/mol. The molecule has 0 fully saturated rings. The Balaban J connectivity index is 2.01. The number of benzene rings is 2. The number of carboxylic acids is 1. The summed E-state index contributed by atoms with van der Waals surface area (Å²) in [6.07, 6.45) is 1.48. The zero-order chi connectivity index (χ0) is 18.9. The van der Waals surface area contributed by atoms with Crippen molar-refractivity contribution in [2.75, 3.05) is 25.7 Å². The van der Waals surface area contributed by atoms with Crippen LogP contribution >= 0.6 is 0 Å². The summed E-state index contributed by atoms with van der Waals surface area (Å²) < 4.78 is 10.5. The van der Waals surface area contributed by atoms with Gasteiger partial charge in [-0.05, 0) is 36.6 Å². The fourth-order valence-electron chi connectivity index (χ4n) is 2.69. The second-order valence-electron chi connectivity index (χ2n) is 5.74. The zero-order valence-electron chi connectivity index (χ0n) is 15.0. The van der Waals surface area contributed by atoms with Crippen molar-refractivity contribution >= 4 is 17.6 Å². The molecule has 0 saturated carbocycles. The van der Waals surface area contributed by atoms with E-state index in [0.29, 0.717) is 30.0 Å². The molecule has 2 aromatic rings. The van der Waals surface area contributed by atoms with Crippen LogP contribution in [-0.2, 0) is 16.0 Å². The van der Waals surface area contributed by atoms with Gasteiger partial charge in [0.15, 0.2) is 0 Å². The van der Waals surface area contributed by atoms with Gasteiger partial charge in [0.05, 0.1) is 14.2 Å². The van der Waals surface area contributed by atoms with E-state index in [2.05, 4.69) is 0 Å². The van der Waals surface area contributed by atoms with Crippen LogP contribution in [-0.4, -0.2) is 37.7 Å². The van der Waals surface area contributed by atoms with Crippen LogP contribution in [0.2, 0.25) is 0 Å². The topological polar surface area (TPSA) is 76.1 Å². The van der Waals surface area contributed by atoms with Gasteiger partial charge in [-0.15, -0.1) is 0 Å². The monoisotopic (exact) mass is 357 g/mol. The second kappa shape index (κ2) is 9.46. The maximum atomic E-state index is 12.5. The van der Waals surface area contributed by atoms with Gasteiger partial charge < -0.3 is 19.5 Å². The molecule has 0 aliphatic carbocycles. The quantitative estimate of drug-likeness (QED) is 0.746. The molecule has 0 saturated heterocycles. The van der Waals surface area contributed by atoms with Crippen molar-refractivity contribution in [3.63, 3.8) is 0 Å². The van der Waals surface area contributed by atoms with Crippen LogP contribution in [0.1, 0.15) is 18.4 Å². The summed E-state index contributed by atoms with van der Waals surface area (Å²) in [7, 11) is 3.18. The molecule has 0 radical (unpaired) electrons. The highest BCUT2D eigenvalue weighted by Crippen LogP contribution is 2.26. The number of methoxy groups -OCH3 is 2. The van der Waals surface area contributed by atoms with Crippen molar-refractivity contribution in [3.8, 4) is 11.5 Å². The van der Waals surface area contributed by atoms with Gasteiger partial charge in [-0.25, -0.2) is 0 Å². The Morgan fingerprint density at radius 3 is 2.38 bits per heavy atom. The molecule has 2 aromatic carbocycles. The number of nitrogens with zero attached hydrogens (tertiary/aromatic N) is 1. The summed E-state index contributed by atoms with van der Waals surface area (Å²) in [5.74, 6) is 0.158. The number of aryl methyl sites for hydroxylation is 1. The molecule has 0 bridgehead atoms. The molecule has 6 heteroatoms. The molecule has 0 atom stereocenters. The average Bonchev–Trinajstić information content (AvgIpc) is 2.66. The Morgan fingerprint density at radius 2 is 1.77 bits per heavy atom. The third-order valence-corrected chi connectivity index (χ3v) is 3.99. The standard InChI is InChI=1S/C20H23NO5/c1-25-17-12-11-15(18(13-17)26-2)7-6-10-19(22)21(14-20(23)24)16-8-4-3-5-9-16/h3-5,8-9,11-13H,6-7,10,14H2,1-2H3,(H,23,24). The van der Waals surface area contributed by atoms with Crippen LogP contribution in [0.15, 0.2) is 48.5 Å². The van der Waals surface area contributed by atoms with Gasteiger partial charge in [0.25, 0.3) is 0 Å². The fraction of sp³-hybridized carbons (Fsp3) is 0.300. The Kier molecular flexibility index (Phi) is 7.02. The Hall–Kier alpha value is -3.02. The number of carboxylic acid groups (broad SMARTS) is 1. The number of para-hydroxylation sites is 1. The van der Waals surface area contributed by atoms with Crippen LogP contribution in [0.25, 0.3) is 0 Å². The molecule has 26 heavy (non-hydrogen) atoms. The van der Waals surface area contributed by atoms with Gasteiger partial charge in [0.1, 0.15) is 18.0 Å². The number of amides is 1. The first-order chi connectivity index (χ1) is 12.5. The van der Waals surface area contributed by atoms with E-state index in [-0.39, 0.29) is 18.9 Å². The lowest BCUT2D eigenvalue weighted by molar-refractivity contribution is -0.136. The van der Waals surface area contributed by atoms with Gasteiger partial charge in [-0.1, -0.05) is 24.3 Å². The van der Waals surface area contributed by atoms with Crippen molar-refractivity contribution in [2.24, 2.45) is 0 Å². The minimum Gasteiger partial charge on any atom is -0.497 e. The van der Waals surface area contributed by atoms with E-state index in [1.54, 1.807) is 44.6 Å². The van der Waals surface area contributed by atoms with Crippen molar-refractivity contribution in [1.82, 2.24) is 0 Å². The summed E-state index contributed by atoms with van der Waals surface area (Å²) in [5, 5.41) is 9.09. The molecular weight excluding hydrogens is 334 g/mol. The van der Waals surface area contributed by atoms with E-state index in [1.165, 1.54) is 4.90 Å². The smallest absolute Gasteiger partial charge is 0.323 e. The number of carbonyl (C=O) groups excluding carboxylic acids is 1. The summed E-state index contributed by atoms with van der Waals surface area (Å²) in [6, 6.07) is 14.4. The maximum Gasteiger partial charge on any atom is 0.323 e. The molecule has 1 amide bonds. The molecule has 6 nitrogen and oxygen atoms in total. The normalized spacial score (nSPS) is 10.2. The van der Waals surface area contributed by atoms with Gasteiger partial charge in [0, 0.05) is 18.2 Å². The minimum absolute atomic E-state index is 0.217. The van der Waals surface area contributed by atoms with Gasteiger partial charge in [-0.2, -0.15) is 0 Å². The molecule has 0 unspecified atom stereocenters. The third kappa shape index (κ3) is 5.24. The van der Waals surface area contributed by atoms with Crippen LogP contribution in [0.3, 0.4) is 0 Å². The van der Waals surface area contributed by atoms with Gasteiger partial charge >= 0.3 is 5.97 Å². The predicted molar refractivity (Wildman–Crippen MR) is 98.9 cm³/mol. The van der Waals surface area contributed by atoms with Crippen LogP contribution in [0.4, 0.5) is 5.69 Å². The SMILES string of the molecule is COc1ccc(CCCC(=O)N(CC(=O)O)c2ccccc2)c(OC)c1. The molecule has 2 rings (SSSR count). The highest BCUT2D eigenvalue weighted by atomic mass is 16.5. The molecule has 0 spiro atoms. The third-order valence-electron chi connectivity index (χ3n) is 3.99. The van der Waals surface area contributed by atoms with E-state index in [0.717, 1.165) is 5.56 Å². The molecule has 0 aromatic heterocycles. The summed E-state index contributed by atoms with van der Waals surface area (Å²) in [4.78, 5) is 24.9. The van der Waals surface area contributed by atoms with E-state index >= 15 is 0 Å². The van der Waals surface area contributed by atoms with Crippen molar-refractivity contribution in [3.05, 3.63) is 54.1 Å². The van der Waals surface area contributed by atoms with Crippen molar-refractivity contribution in [2.45, 2.75) is 19.3 Å². The Labute approximate surface area is 153 Å². The van der Waals surface area contributed by atoms with E-state index in [4.69, 9.17) is 14.6 Å². The number of anilines is 1. The molecule has 0 aliphatic heterocycles. The minimum atomic E-state index is -1.04. The largest absolute Gasteiger partial charge is 0.497 e. The highest BCUT2D eigenvalue weighted by Gasteiger charge is 2.18. The predicted octanol–water partition coefficient (Wildman–Crippen LogP) is 3.14. The van der Waals surface area contributed by atoms with Crippen LogP contribution in [0, 0.1) is 0 Å². The molecule has 138 valence electrons.